The van der Waals surface area contributed by atoms with Crippen LogP contribution in [0.2, 0.25) is 0 Å². The number of nitrogens with zero attached hydrogens (tertiary/aromatic N) is 3. The fourth-order valence-electron chi connectivity index (χ4n) is 2.36. The molecule has 0 bridgehead atoms. The third kappa shape index (κ3) is 3.96. The van der Waals surface area contributed by atoms with E-state index < -0.39 is 0 Å². The van der Waals surface area contributed by atoms with Gasteiger partial charge in [-0.15, -0.1) is 0 Å². The molecule has 0 saturated carbocycles. The lowest BCUT2D eigenvalue weighted by Crippen LogP contribution is -2.34. The first-order valence-corrected chi connectivity index (χ1v) is 6.75. The number of hydrogen-bond acceptors (Lipinski definition) is 4. The summed E-state index contributed by atoms with van der Waals surface area (Å²) in [6, 6.07) is 0. The molecule has 1 aromatic rings. The van der Waals surface area contributed by atoms with Crippen molar-refractivity contribution < 1.29 is 4.42 Å². The normalized spacial score (nSPS) is 17.6. The second-order valence-electron chi connectivity index (χ2n) is 5.23. The van der Waals surface area contributed by atoms with Gasteiger partial charge in [0.1, 0.15) is 5.76 Å². The molecular formula is C13H23N5O. The minimum atomic E-state index is 0.188. The van der Waals surface area contributed by atoms with Crippen LogP contribution in [0.5, 0.6) is 0 Å². The Morgan fingerprint density at radius 3 is 2.58 bits per heavy atom. The summed E-state index contributed by atoms with van der Waals surface area (Å²) in [5.41, 5.74) is 11.7. The zero-order chi connectivity index (χ0) is 13.8. The number of likely N-dealkylation sites (tertiary alicyclic amines) is 1. The van der Waals surface area contributed by atoms with Gasteiger partial charge in [0.2, 0.25) is 5.89 Å². The maximum Gasteiger partial charge on any atom is 0.208 e. The molecule has 6 nitrogen and oxygen atoms in total. The summed E-state index contributed by atoms with van der Waals surface area (Å²) in [7, 11) is 0. The number of hydrogen-bond donors (Lipinski definition) is 2. The summed E-state index contributed by atoms with van der Waals surface area (Å²) < 4.78 is 5.62. The zero-order valence-corrected chi connectivity index (χ0v) is 11.7. The van der Waals surface area contributed by atoms with Crippen LogP contribution >= 0.6 is 0 Å². The molecule has 19 heavy (non-hydrogen) atoms. The third-order valence-corrected chi connectivity index (χ3v) is 3.67. The summed E-state index contributed by atoms with van der Waals surface area (Å²) in [4.78, 5) is 10.9. The predicted molar refractivity (Wildman–Crippen MR) is 74.7 cm³/mol. The second kappa shape index (κ2) is 6.06. The SMILES string of the molecule is Cc1nc(CN2CCC(CN=C(N)N)CC2)oc1C. The standard InChI is InChI=1S/C13H23N5O/c1-9-10(2)19-12(17-9)8-18-5-3-11(4-6-18)7-16-13(14)15/h11H,3-8H2,1-2H3,(H4,14,15,16). The zero-order valence-electron chi connectivity index (χ0n) is 11.7. The van der Waals surface area contributed by atoms with Crippen LogP contribution in [0.25, 0.3) is 0 Å². The van der Waals surface area contributed by atoms with E-state index in [1.165, 1.54) is 0 Å². The fourth-order valence-corrected chi connectivity index (χ4v) is 2.36. The Bertz CT molecular complexity index is 422. The number of oxazole rings is 1. The van der Waals surface area contributed by atoms with Gasteiger partial charge in [0.15, 0.2) is 5.96 Å². The molecule has 0 spiro atoms. The minimum Gasteiger partial charge on any atom is -0.444 e. The van der Waals surface area contributed by atoms with Crippen LogP contribution in [-0.2, 0) is 6.54 Å². The van der Waals surface area contributed by atoms with Crippen LogP contribution in [-0.4, -0.2) is 35.5 Å². The van der Waals surface area contributed by atoms with E-state index in [1.54, 1.807) is 0 Å². The average Bonchev–Trinajstić information content (AvgIpc) is 2.67. The Morgan fingerprint density at radius 1 is 1.37 bits per heavy atom. The van der Waals surface area contributed by atoms with E-state index in [2.05, 4.69) is 14.9 Å². The topological polar surface area (TPSA) is 93.7 Å². The van der Waals surface area contributed by atoms with E-state index in [4.69, 9.17) is 15.9 Å². The second-order valence-corrected chi connectivity index (χ2v) is 5.23. The molecular weight excluding hydrogens is 242 g/mol. The van der Waals surface area contributed by atoms with Crippen molar-refractivity contribution in [3.05, 3.63) is 17.3 Å². The maximum atomic E-state index is 5.62. The summed E-state index contributed by atoms with van der Waals surface area (Å²) in [6.45, 7) is 7.56. The lowest BCUT2D eigenvalue weighted by atomic mass is 9.97. The highest BCUT2D eigenvalue weighted by Gasteiger charge is 2.20. The monoisotopic (exact) mass is 265 g/mol. The quantitative estimate of drug-likeness (QED) is 0.619. The Morgan fingerprint density at radius 2 is 2.05 bits per heavy atom. The predicted octanol–water partition coefficient (Wildman–Crippen LogP) is 0.777. The van der Waals surface area contributed by atoms with Crippen LogP contribution in [0.4, 0.5) is 0 Å². The van der Waals surface area contributed by atoms with Gasteiger partial charge < -0.3 is 15.9 Å². The van der Waals surface area contributed by atoms with E-state index in [9.17, 15) is 0 Å². The van der Waals surface area contributed by atoms with Crippen molar-refractivity contribution in [1.29, 1.82) is 0 Å². The van der Waals surface area contributed by atoms with Gasteiger partial charge in [-0.05, 0) is 45.7 Å². The van der Waals surface area contributed by atoms with Crippen molar-refractivity contribution >= 4 is 5.96 Å². The molecule has 1 aromatic heterocycles. The van der Waals surface area contributed by atoms with Gasteiger partial charge in [0.25, 0.3) is 0 Å². The van der Waals surface area contributed by atoms with Gasteiger partial charge in [0, 0.05) is 6.54 Å². The minimum absolute atomic E-state index is 0.188. The maximum absolute atomic E-state index is 5.62. The molecule has 1 aliphatic heterocycles. The van der Waals surface area contributed by atoms with Crippen molar-refractivity contribution in [3.8, 4) is 0 Å². The fraction of sp³-hybridized carbons (Fsp3) is 0.692. The molecule has 0 atom stereocenters. The highest BCUT2D eigenvalue weighted by molar-refractivity contribution is 5.75. The summed E-state index contributed by atoms with van der Waals surface area (Å²) in [5.74, 6) is 2.51. The molecule has 0 aliphatic carbocycles. The first kappa shape index (κ1) is 13.9. The van der Waals surface area contributed by atoms with Gasteiger partial charge in [-0.2, -0.15) is 0 Å². The van der Waals surface area contributed by atoms with Crippen molar-refractivity contribution in [2.45, 2.75) is 33.2 Å². The van der Waals surface area contributed by atoms with Crippen molar-refractivity contribution in [1.82, 2.24) is 9.88 Å². The Kier molecular flexibility index (Phi) is 4.42. The van der Waals surface area contributed by atoms with Crippen LogP contribution in [0.3, 0.4) is 0 Å². The van der Waals surface area contributed by atoms with E-state index in [1.807, 2.05) is 13.8 Å². The molecule has 2 heterocycles. The van der Waals surface area contributed by atoms with Gasteiger partial charge in [-0.1, -0.05) is 0 Å². The van der Waals surface area contributed by atoms with Crippen LogP contribution in [0, 0.1) is 19.8 Å². The van der Waals surface area contributed by atoms with Gasteiger partial charge in [0.05, 0.1) is 12.2 Å². The highest BCUT2D eigenvalue weighted by Crippen LogP contribution is 2.19. The first-order valence-electron chi connectivity index (χ1n) is 6.75. The van der Waals surface area contributed by atoms with E-state index >= 15 is 0 Å². The van der Waals surface area contributed by atoms with Gasteiger partial charge in [-0.25, -0.2) is 4.98 Å². The molecule has 106 valence electrons. The van der Waals surface area contributed by atoms with Crippen LogP contribution in [0.1, 0.15) is 30.2 Å². The lowest BCUT2D eigenvalue weighted by Gasteiger charge is -2.30. The van der Waals surface area contributed by atoms with Gasteiger partial charge in [-0.3, -0.25) is 9.89 Å². The number of rotatable bonds is 4. The van der Waals surface area contributed by atoms with Gasteiger partial charge >= 0.3 is 0 Å². The number of aryl methyl sites for hydroxylation is 2. The summed E-state index contributed by atoms with van der Waals surface area (Å²) in [6.07, 6.45) is 2.24. The largest absolute Gasteiger partial charge is 0.444 e. The number of guanidine groups is 1. The molecule has 1 aliphatic rings. The molecule has 0 amide bonds. The Hall–Kier alpha value is -1.56. The van der Waals surface area contributed by atoms with Crippen molar-refractivity contribution in [2.75, 3.05) is 19.6 Å². The summed E-state index contributed by atoms with van der Waals surface area (Å²) in [5, 5.41) is 0. The Balaban J connectivity index is 1.78. The van der Waals surface area contributed by atoms with Crippen molar-refractivity contribution in [2.24, 2.45) is 22.4 Å². The average molecular weight is 265 g/mol. The molecule has 6 heteroatoms. The van der Waals surface area contributed by atoms with E-state index in [-0.39, 0.29) is 5.96 Å². The molecule has 4 N–H and O–H groups in total. The molecule has 0 radical (unpaired) electrons. The third-order valence-electron chi connectivity index (χ3n) is 3.67. The van der Waals surface area contributed by atoms with Crippen LogP contribution < -0.4 is 11.5 Å². The first-order chi connectivity index (χ1) is 9.04. The number of piperidine rings is 1. The molecule has 2 rings (SSSR count). The lowest BCUT2D eigenvalue weighted by molar-refractivity contribution is 0.166. The van der Waals surface area contributed by atoms with E-state index in [0.29, 0.717) is 5.92 Å². The molecule has 1 fully saturated rings. The van der Waals surface area contributed by atoms with Crippen molar-refractivity contribution in [3.63, 3.8) is 0 Å². The molecule has 1 saturated heterocycles. The molecule has 0 unspecified atom stereocenters. The molecule has 0 aromatic carbocycles. The summed E-state index contributed by atoms with van der Waals surface area (Å²) >= 11 is 0. The number of aromatic nitrogens is 1. The highest BCUT2D eigenvalue weighted by atomic mass is 16.4. The van der Waals surface area contributed by atoms with Crippen LogP contribution in [0.15, 0.2) is 9.41 Å². The smallest absolute Gasteiger partial charge is 0.208 e. The number of aliphatic imine (C=N–C) groups is 1. The Labute approximate surface area is 113 Å². The number of nitrogens with two attached hydrogens (primary N) is 2. The van der Waals surface area contributed by atoms with E-state index in [0.717, 1.165) is 56.4 Å².